The summed E-state index contributed by atoms with van der Waals surface area (Å²) in [5.74, 6) is 3.71. The maximum absolute atomic E-state index is 5.78. The molecule has 1 fully saturated rings. The largest absolute Gasteiger partial charge is 0.490 e. The Bertz CT molecular complexity index is 621. The first-order valence-electron chi connectivity index (χ1n) is 10.2. The lowest BCUT2D eigenvalue weighted by molar-refractivity contribution is 0.123. The van der Waals surface area contributed by atoms with Crippen molar-refractivity contribution >= 4 is 35.6 Å². The van der Waals surface area contributed by atoms with Crippen molar-refractivity contribution in [2.75, 3.05) is 44.8 Å². The van der Waals surface area contributed by atoms with Crippen LogP contribution in [0.25, 0.3) is 0 Å². The molecule has 3 rings (SSSR count). The Hall–Kier alpha value is -1.22. The van der Waals surface area contributed by atoms with Crippen LogP contribution in [0.3, 0.4) is 0 Å². The Morgan fingerprint density at radius 1 is 1.21 bits per heavy atom. The Morgan fingerprint density at radius 3 is 2.75 bits per heavy atom. The van der Waals surface area contributed by atoms with Crippen molar-refractivity contribution < 1.29 is 14.2 Å². The second kappa shape index (κ2) is 12.4. The molecule has 1 aliphatic heterocycles. The third-order valence-corrected chi connectivity index (χ3v) is 4.43. The van der Waals surface area contributed by atoms with Gasteiger partial charge in [0.05, 0.1) is 13.2 Å². The van der Waals surface area contributed by atoms with Gasteiger partial charge >= 0.3 is 0 Å². The molecule has 0 radical (unpaired) electrons. The van der Waals surface area contributed by atoms with Crippen LogP contribution < -0.4 is 20.1 Å². The lowest BCUT2D eigenvalue weighted by Crippen LogP contribution is -2.32. The zero-order valence-corrected chi connectivity index (χ0v) is 19.4. The highest BCUT2D eigenvalue weighted by Gasteiger charge is 2.20. The monoisotopic (exact) mass is 503 g/mol. The van der Waals surface area contributed by atoms with Crippen LogP contribution in [0.1, 0.15) is 39.5 Å². The Morgan fingerprint density at radius 2 is 2.00 bits per heavy atom. The summed E-state index contributed by atoms with van der Waals surface area (Å²) < 4.78 is 17.2. The maximum atomic E-state index is 5.78. The van der Waals surface area contributed by atoms with E-state index in [0.29, 0.717) is 19.1 Å². The van der Waals surface area contributed by atoms with Crippen molar-refractivity contribution in [3.63, 3.8) is 0 Å². The van der Waals surface area contributed by atoms with E-state index in [-0.39, 0.29) is 24.0 Å². The molecule has 0 aromatic heterocycles. The minimum Gasteiger partial charge on any atom is -0.490 e. The van der Waals surface area contributed by atoms with Gasteiger partial charge in [-0.1, -0.05) is 13.8 Å². The molecule has 1 saturated carbocycles. The Balaban J connectivity index is 0.00000280. The van der Waals surface area contributed by atoms with Crippen molar-refractivity contribution in [1.29, 1.82) is 0 Å². The first-order chi connectivity index (χ1) is 13.2. The van der Waals surface area contributed by atoms with Crippen LogP contribution in [-0.2, 0) is 4.74 Å². The lowest BCUT2D eigenvalue weighted by Gasteiger charge is -2.15. The molecule has 6 nitrogen and oxygen atoms in total. The summed E-state index contributed by atoms with van der Waals surface area (Å²) >= 11 is 0. The van der Waals surface area contributed by atoms with Crippen molar-refractivity contribution in [3.05, 3.63) is 18.2 Å². The molecule has 2 N–H and O–H groups in total. The smallest absolute Gasteiger partial charge is 0.195 e. The molecule has 0 saturated heterocycles. The summed E-state index contributed by atoms with van der Waals surface area (Å²) in [6.45, 7) is 9.04. The maximum Gasteiger partial charge on any atom is 0.195 e. The van der Waals surface area contributed by atoms with E-state index >= 15 is 0 Å². The minimum atomic E-state index is 0. The molecule has 1 aromatic carbocycles. The number of hydrogen-bond acceptors (Lipinski definition) is 4. The van der Waals surface area contributed by atoms with Crippen LogP contribution in [0.5, 0.6) is 11.5 Å². The zero-order valence-electron chi connectivity index (χ0n) is 17.0. The molecule has 0 bridgehead atoms. The van der Waals surface area contributed by atoms with Crippen molar-refractivity contribution in [2.45, 2.75) is 39.5 Å². The van der Waals surface area contributed by atoms with E-state index in [1.54, 1.807) is 0 Å². The molecular weight excluding hydrogens is 469 g/mol. The number of anilines is 1. The standard InChI is InChI=1S/C21H33N3O3.HI/c1-16(2)14-23-21(22-9-3-10-25-15-17-5-6-17)24-18-7-8-19-20(13-18)27-12-4-11-26-19;/h7-8,13,16-17H,3-6,9-12,14-15H2,1-2H3,(H2,22,23,24);1H. The summed E-state index contributed by atoms with van der Waals surface area (Å²) in [7, 11) is 0. The molecule has 1 heterocycles. The zero-order chi connectivity index (χ0) is 18.9. The third-order valence-electron chi connectivity index (χ3n) is 4.43. The van der Waals surface area contributed by atoms with Gasteiger partial charge in [0.2, 0.25) is 0 Å². The fraction of sp³-hybridized carbons (Fsp3) is 0.667. The normalized spacial score (nSPS) is 16.3. The molecule has 158 valence electrons. The number of nitrogens with zero attached hydrogens (tertiary/aromatic N) is 1. The van der Waals surface area contributed by atoms with Gasteiger partial charge in [0.1, 0.15) is 0 Å². The number of halogens is 1. The molecule has 2 aliphatic rings. The fourth-order valence-corrected chi connectivity index (χ4v) is 2.71. The summed E-state index contributed by atoms with van der Waals surface area (Å²) in [6, 6.07) is 5.93. The van der Waals surface area contributed by atoms with Crippen LogP contribution in [0.4, 0.5) is 5.69 Å². The molecule has 28 heavy (non-hydrogen) atoms. The van der Waals surface area contributed by atoms with E-state index in [1.807, 2.05) is 18.2 Å². The molecule has 0 atom stereocenters. The topological polar surface area (TPSA) is 64.1 Å². The van der Waals surface area contributed by atoms with Gasteiger partial charge in [-0.2, -0.15) is 0 Å². The molecule has 0 amide bonds. The number of guanidine groups is 1. The molecule has 7 heteroatoms. The first-order valence-corrected chi connectivity index (χ1v) is 10.2. The highest BCUT2D eigenvalue weighted by Crippen LogP contribution is 2.32. The van der Waals surface area contributed by atoms with Gasteiger partial charge in [-0.15, -0.1) is 24.0 Å². The van der Waals surface area contributed by atoms with Gasteiger partial charge < -0.3 is 24.8 Å². The number of fused-ring (bicyclic) bond motifs is 1. The summed E-state index contributed by atoms with van der Waals surface area (Å²) in [5, 5.41) is 6.79. The van der Waals surface area contributed by atoms with E-state index < -0.39 is 0 Å². The van der Waals surface area contributed by atoms with Gasteiger partial charge in [-0.25, -0.2) is 0 Å². The first kappa shape index (κ1) is 23.1. The van der Waals surface area contributed by atoms with E-state index in [0.717, 1.165) is 68.2 Å². The molecule has 0 unspecified atom stereocenters. The Kier molecular flexibility index (Phi) is 10.2. The van der Waals surface area contributed by atoms with E-state index in [2.05, 4.69) is 29.5 Å². The fourth-order valence-electron chi connectivity index (χ4n) is 2.71. The second-order valence-electron chi connectivity index (χ2n) is 7.72. The van der Waals surface area contributed by atoms with Gasteiger partial charge in [0.25, 0.3) is 0 Å². The number of ether oxygens (including phenoxy) is 3. The average molecular weight is 503 g/mol. The molecule has 0 spiro atoms. The van der Waals surface area contributed by atoms with Gasteiger partial charge in [0, 0.05) is 44.5 Å². The SMILES string of the molecule is CC(C)CN=C(NCCCOCC1CC1)Nc1ccc2c(c1)OCCCO2.I. The van der Waals surface area contributed by atoms with Crippen molar-refractivity contribution in [3.8, 4) is 11.5 Å². The minimum absolute atomic E-state index is 0. The second-order valence-corrected chi connectivity index (χ2v) is 7.72. The number of aliphatic imine (C=N–C) groups is 1. The summed E-state index contributed by atoms with van der Waals surface area (Å²) in [4.78, 5) is 4.69. The highest BCUT2D eigenvalue weighted by atomic mass is 127. The van der Waals surface area contributed by atoms with E-state index in [9.17, 15) is 0 Å². The third kappa shape index (κ3) is 8.43. The number of benzene rings is 1. The summed E-state index contributed by atoms with van der Waals surface area (Å²) in [6.07, 6.45) is 4.55. The van der Waals surface area contributed by atoms with E-state index in [1.165, 1.54) is 12.8 Å². The Labute approximate surface area is 185 Å². The van der Waals surface area contributed by atoms with Crippen LogP contribution in [0.15, 0.2) is 23.2 Å². The molecular formula is C21H34IN3O3. The lowest BCUT2D eigenvalue weighted by atomic mass is 10.2. The van der Waals surface area contributed by atoms with Crippen LogP contribution in [0, 0.1) is 11.8 Å². The van der Waals surface area contributed by atoms with Gasteiger partial charge in [-0.3, -0.25) is 4.99 Å². The highest BCUT2D eigenvalue weighted by molar-refractivity contribution is 14.0. The number of nitrogens with one attached hydrogen (secondary N) is 2. The molecule has 1 aromatic rings. The predicted molar refractivity (Wildman–Crippen MR) is 124 cm³/mol. The van der Waals surface area contributed by atoms with Crippen LogP contribution in [-0.4, -0.2) is 45.5 Å². The number of hydrogen-bond donors (Lipinski definition) is 2. The van der Waals surface area contributed by atoms with Crippen molar-refractivity contribution in [2.24, 2.45) is 16.8 Å². The summed E-state index contributed by atoms with van der Waals surface area (Å²) in [5.41, 5.74) is 0.944. The van der Waals surface area contributed by atoms with Gasteiger partial charge in [-0.05, 0) is 43.2 Å². The van der Waals surface area contributed by atoms with Crippen LogP contribution in [0.2, 0.25) is 0 Å². The van der Waals surface area contributed by atoms with Gasteiger partial charge in [0.15, 0.2) is 17.5 Å². The predicted octanol–water partition coefficient (Wildman–Crippen LogP) is 4.30. The van der Waals surface area contributed by atoms with Crippen LogP contribution >= 0.6 is 24.0 Å². The van der Waals surface area contributed by atoms with Crippen molar-refractivity contribution in [1.82, 2.24) is 5.32 Å². The van der Waals surface area contributed by atoms with E-state index in [4.69, 9.17) is 14.2 Å². The molecule has 1 aliphatic carbocycles. The number of rotatable bonds is 9. The quantitative estimate of drug-likeness (QED) is 0.228. The average Bonchev–Trinajstić information content (AvgIpc) is 3.48.